The lowest BCUT2D eigenvalue weighted by molar-refractivity contribution is -0.665. The lowest BCUT2D eigenvalue weighted by Gasteiger charge is -1.82. The molecule has 0 aliphatic carbocycles. The van der Waals surface area contributed by atoms with Crippen molar-refractivity contribution in [1.29, 1.82) is 0 Å². The average molecular weight is 93.1 g/mol. The number of nitrogens with two attached hydrogens (primary N) is 1. The van der Waals surface area contributed by atoms with Gasteiger partial charge in [0.1, 0.15) is 0 Å². The molecular weight excluding hydrogens is 88.1 g/mol. The van der Waals surface area contributed by atoms with Crippen LogP contribution in [0.1, 0.15) is 0 Å². The van der Waals surface area contributed by atoms with Crippen molar-refractivity contribution in [2.45, 2.75) is 0 Å². The highest BCUT2D eigenvalue weighted by molar-refractivity contribution is 7.73. The molecule has 1 amide bonds. The molecule has 0 rings (SSSR count). The minimum Gasteiger partial charge on any atom is -0.231 e. The van der Waals surface area contributed by atoms with Crippen LogP contribution in [0, 0.1) is 0 Å². The largest absolute Gasteiger partial charge is 0.330 e. The van der Waals surface area contributed by atoms with Gasteiger partial charge in [-0.15, -0.1) is 4.41 Å². The Bertz CT molecular complexity index is 36.6. The second kappa shape index (κ2) is 2.19. The van der Waals surface area contributed by atoms with Crippen molar-refractivity contribution in [3.05, 3.63) is 0 Å². The Morgan fingerprint density at radius 1 is 2.00 bits per heavy atom. The summed E-state index contributed by atoms with van der Waals surface area (Å²) in [6.45, 7) is 0. The molecule has 0 aromatic carbocycles. The van der Waals surface area contributed by atoms with Gasteiger partial charge in [0.05, 0.1) is 12.8 Å². The summed E-state index contributed by atoms with van der Waals surface area (Å²) in [5.74, 6) is 4.70. The highest BCUT2D eigenvalue weighted by Gasteiger charge is 1.79. The maximum absolute atomic E-state index is 9.27. The van der Waals surface area contributed by atoms with Gasteiger partial charge < -0.3 is 0 Å². The molecule has 1 atom stereocenters. The van der Waals surface area contributed by atoms with Crippen LogP contribution >= 0.6 is 12.8 Å². The molecule has 0 bridgehead atoms. The quantitative estimate of drug-likeness (QED) is 0.113. The molecule has 0 saturated carbocycles. The Morgan fingerprint density at radius 2 is 2.20 bits per heavy atom. The van der Waals surface area contributed by atoms with E-state index in [9.17, 15) is 4.79 Å². The van der Waals surface area contributed by atoms with Crippen LogP contribution in [0.15, 0.2) is 0 Å². The van der Waals surface area contributed by atoms with Crippen LogP contribution in [0.3, 0.4) is 0 Å². The zero-order valence-electron chi connectivity index (χ0n) is 2.51. The van der Waals surface area contributed by atoms with E-state index in [1.807, 2.05) is 0 Å². The van der Waals surface area contributed by atoms with Gasteiger partial charge in [0.2, 0.25) is 0 Å². The van der Waals surface area contributed by atoms with Gasteiger partial charge in [0, 0.05) is 0 Å². The number of amides is 1. The zero-order chi connectivity index (χ0) is 4.28. The van der Waals surface area contributed by atoms with Gasteiger partial charge in [-0.05, 0) is 0 Å². The van der Waals surface area contributed by atoms with Gasteiger partial charge in [-0.3, -0.25) is 0 Å². The summed E-state index contributed by atoms with van der Waals surface area (Å²) in [7, 11) is 0. The van der Waals surface area contributed by atoms with Crippen LogP contribution in [-0.4, -0.2) is 6.41 Å². The molecule has 0 saturated heterocycles. The molecule has 5 heavy (non-hydrogen) atoms. The van der Waals surface area contributed by atoms with Gasteiger partial charge in [-0.1, -0.05) is 0 Å². The van der Waals surface area contributed by atoms with E-state index in [1.54, 1.807) is 0 Å². The van der Waals surface area contributed by atoms with Crippen molar-refractivity contribution in [3.63, 3.8) is 0 Å². The fourth-order valence-electron chi connectivity index (χ4n) is 0. The van der Waals surface area contributed by atoms with Crippen molar-refractivity contribution < 1.29 is 9.21 Å². The van der Waals surface area contributed by atoms with Crippen LogP contribution < -0.4 is 10.3 Å². The molecule has 0 spiro atoms. The first-order valence-electron chi connectivity index (χ1n) is 1.04. The van der Waals surface area contributed by atoms with Crippen LogP contribution in [-0.2, 0) is 4.79 Å². The van der Waals surface area contributed by atoms with Crippen LogP contribution in [0.2, 0.25) is 0 Å². The van der Waals surface area contributed by atoms with Crippen LogP contribution in [0.25, 0.3) is 0 Å². The fraction of sp³-hybridized carbons (Fsp3) is 0. The fourth-order valence-corrected chi connectivity index (χ4v) is 0. The van der Waals surface area contributed by atoms with Gasteiger partial charge in [-0.25, -0.2) is 4.79 Å². The zero-order valence-corrected chi connectivity index (χ0v) is 3.40. The summed E-state index contributed by atoms with van der Waals surface area (Å²) in [4.78, 5) is 9.27. The molecule has 0 aliphatic heterocycles. The van der Waals surface area contributed by atoms with Crippen molar-refractivity contribution in [2.75, 3.05) is 0 Å². The third-order valence-electron chi connectivity index (χ3n) is 0.121. The SMILES string of the molecule is N[NH+](S)C=O. The normalized spacial score (nSPS) is 14.0. The predicted octanol–water partition coefficient (Wildman–Crippen LogP) is -2.25. The van der Waals surface area contributed by atoms with E-state index in [1.165, 1.54) is 0 Å². The van der Waals surface area contributed by atoms with Gasteiger partial charge >= 0.3 is 6.41 Å². The minimum absolute atomic E-state index is 0.0185. The second-order valence-electron chi connectivity index (χ2n) is 0.543. The number of nitrogens with one attached hydrogen (secondary N) is 1. The third kappa shape index (κ3) is 3.94. The lowest BCUT2D eigenvalue weighted by Crippen LogP contribution is -3.08. The van der Waals surface area contributed by atoms with E-state index in [2.05, 4.69) is 12.8 Å². The van der Waals surface area contributed by atoms with Gasteiger partial charge in [-0.2, -0.15) is 5.84 Å². The highest BCUT2D eigenvalue weighted by atomic mass is 32.1. The number of carbonyl (C=O) groups is 1. The summed E-state index contributed by atoms with van der Waals surface area (Å²) < 4.78 is 0.0185. The number of hydrogen-bond acceptors (Lipinski definition) is 3. The molecule has 4 heteroatoms. The van der Waals surface area contributed by atoms with E-state index >= 15 is 0 Å². The monoisotopic (exact) mass is 93.0 g/mol. The minimum atomic E-state index is 0.0185. The van der Waals surface area contributed by atoms with E-state index in [0.29, 0.717) is 6.41 Å². The number of hydrogen-bond donors (Lipinski definition) is 3. The van der Waals surface area contributed by atoms with Crippen molar-refractivity contribution in [1.82, 2.24) is 0 Å². The molecule has 0 heterocycles. The molecular formula is CH5N2OS+. The first-order chi connectivity index (χ1) is 2.27. The maximum Gasteiger partial charge on any atom is 0.330 e. The average Bonchev–Trinajstić information content (AvgIpc) is 1.38. The van der Waals surface area contributed by atoms with Gasteiger partial charge in [0.15, 0.2) is 0 Å². The standard InChI is InChI=1S/CH4N2OS/c2-3(5)1-4/h1,5H,2H2/p+1. The van der Waals surface area contributed by atoms with Crippen molar-refractivity contribution in [2.24, 2.45) is 5.84 Å². The summed E-state index contributed by atoms with van der Waals surface area (Å²) in [6, 6.07) is 0. The molecule has 1 unspecified atom stereocenters. The Morgan fingerprint density at radius 3 is 2.20 bits per heavy atom. The Labute approximate surface area is 35.3 Å². The van der Waals surface area contributed by atoms with Crippen LogP contribution in [0.4, 0.5) is 0 Å². The smallest absolute Gasteiger partial charge is 0.231 e. The molecule has 0 aliphatic rings. The van der Waals surface area contributed by atoms with Crippen molar-refractivity contribution in [3.8, 4) is 0 Å². The summed E-state index contributed by atoms with van der Waals surface area (Å²) in [5, 5.41) is 0. The third-order valence-corrected chi connectivity index (χ3v) is 0.226. The lowest BCUT2D eigenvalue weighted by atomic mass is 11.4. The van der Waals surface area contributed by atoms with E-state index in [0.717, 1.165) is 0 Å². The van der Waals surface area contributed by atoms with Crippen molar-refractivity contribution >= 4 is 19.2 Å². The van der Waals surface area contributed by atoms with Crippen LogP contribution in [0.5, 0.6) is 0 Å². The maximum atomic E-state index is 9.27. The Hall–Kier alpha value is -0.0600. The van der Waals surface area contributed by atoms with E-state index in [4.69, 9.17) is 5.84 Å². The number of thiol groups is 1. The number of carbonyl (C=O) groups excluding carboxylic acids is 1. The van der Waals surface area contributed by atoms with Gasteiger partial charge in [0.25, 0.3) is 0 Å². The molecule has 0 radical (unpaired) electrons. The molecule has 3 N–H and O–H groups in total. The van der Waals surface area contributed by atoms with E-state index in [-0.39, 0.29) is 4.41 Å². The number of quaternary nitrogens is 1. The first kappa shape index (κ1) is 4.94. The molecule has 0 aromatic heterocycles. The summed E-state index contributed by atoms with van der Waals surface area (Å²) >= 11 is 3.42. The molecule has 30 valence electrons. The highest BCUT2D eigenvalue weighted by Crippen LogP contribution is 1.20. The molecule has 0 fully saturated rings. The topological polar surface area (TPSA) is 47.5 Å². The summed E-state index contributed by atoms with van der Waals surface area (Å²) in [5.41, 5.74) is 0. The Balaban J connectivity index is 2.83. The van der Waals surface area contributed by atoms with E-state index < -0.39 is 0 Å². The predicted molar refractivity (Wildman–Crippen MR) is 20.2 cm³/mol. The molecule has 0 aromatic rings. The number of rotatable bonds is 1. The first-order valence-corrected chi connectivity index (χ1v) is 1.48. The molecule has 3 nitrogen and oxygen atoms in total. The summed E-state index contributed by atoms with van der Waals surface area (Å²) in [6.07, 6.45) is 0.475. The second-order valence-corrected chi connectivity index (χ2v) is 1.06. The Kier molecular flexibility index (Phi) is 2.17.